The SMILES string of the molecule is CCC(=N)C(=N)CCNc1nc(C(C)C)cn(C(CC)C(=O)NCC(=O)CSCc2ccccc2)c1=O. The van der Waals surface area contributed by atoms with E-state index in [0.717, 1.165) is 11.3 Å². The fraction of sp³-hybridized carbons (Fsp3) is 0.481. The maximum absolute atomic E-state index is 13.2. The number of amides is 1. The lowest BCUT2D eigenvalue weighted by atomic mass is 10.1. The Hall–Kier alpha value is -3.27. The molecule has 9 nitrogen and oxygen atoms in total. The first-order valence-electron chi connectivity index (χ1n) is 12.6. The van der Waals surface area contributed by atoms with Crippen LogP contribution in [0.25, 0.3) is 0 Å². The minimum atomic E-state index is -0.787. The molecule has 4 N–H and O–H groups in total. The van der Waals surface area contributed by atoms with Crippen LogP contribution in [0.5, 0.6) is 0 Å². The molecule has 0 aliphatic rings. The lowest BCUT2D eigenvalue weighted by Gasteiger charge is -2.20. The molecule has 1 unspecified atom stereocenters. The lowest BCUT2D eigenvalue weighted by molar-refractivity contribution is -0.127. The summed E-state index contributed by atoms with van der Waals surface area (Å²) in [5.41, 5.74) is 1.83. The number of rotatable bonds is 16. The Morgan fingerprint density at radius 2 is 1.81 bits per heavy atom. The summed E-state index contributed by atoms with van der Waals surface area (Å²) in [7, 11) is 0. The van der Waals surface area contributed by atoms with E-state index >= 15 is 0 Å². The van der Waals surface area contributed by atoms with Gasteiger partial charge in [0.25, 0.3) is 5.56 Å². The first-order chi connectivity index (χ1) is 17.7. The number of Topliss-reactive ketones (excluding diaryl/α,β-unsaturated/α-hetero) is 1. The topological polar surface area (TPSA) is 141 Å². The van der Waals surface area contributed by atoms with Crippen molar-refractivity contribution in [2.24, 2.45) is 0 Å². The number of anilines is 1. The summed E-state index contributed by atoms with van der Waals surface area (Å²) < 4.78 is 1.38. The van der Waals surface area contributed by atoms with Gasteiger partial charge in [-0.25, -0.2) is 4.98 Å². The Kier molecular flexibility index (Phi) is 12.2. The molecular weight excluding hydrogens is 488 g/mol. The van der Waals surface area contributed by atoms with Gasteiger partial charge < -0.3 is 21.5 Å². The van der Waals surface area contributed by atoms with Crippen molar-refractivity contribution in [3.05, 3.63) is 58.1 Å². The highest BCUT2D eigenvalue weighted by Crippen LogP contribution is 2.17. The van der Waals surface area contributed by atoms with E-state index in [9.17, 15) is 14.4 Å². The van der Waals surface area contributed by atoms with E-state index in [1.54, 1.807) is 6.20 Å². The van der Waals surface area contributed by atoms with Gasteiger partial charge in [0, 0.05) is 24.9 Å². The molecule has 2 aromatic rings. The van der Waals surface area contributed by atoms with Crippen molar-refractivity contribution in [1.82, 2.24) is 14.9 Å². The third-order valence-corrected chi connectivity index (χ3v) is 6.85. The van der Waals surface area contributed by atoms with E-state index in [1.807, 2.05) is 58.0 Å². The quantitative estimate of drug-likeness (QED) is 0.242. The van der Waals surface area contributed by atoms with Gasteiger partial charge in [-0.15, -0.1) is 11.8 Å². The third-order valence-electron chi connectivity index (χ3n) is 5.79. The normalized spacial score (nSPS) is 11.7. The van der Waals surface area contributed by atoms with Crippen molar-refractivity contribution in [3.8, 4) is 0 Å². The van der Waals surface area contributed by atoms with Crippen molar-refractivity contribution < 1.29 is 9.59 Å². The van der Waals surface area contributed by atoms with Crippen molar-refractivity contribution in [2.75, 3.05) is 24.2 Å². The van der Waals surface area contributed by atoms with Crippen molar-refractivity contribution in [3.63, 3.8) is 0 Å². The molecule has 2 rings (SSSR count). The average Bonchev–Trinajstić information content (AvgIpc) is 2.89. The van der Waals surface area contributed by atoms with Crippen molar-refractivity contribution in [2.45, 2.75) is 64.7 Å². The van der Waals surface area contributed by atoms with Crippen LogP contribution in [0.3, 0.4) is 0 Å². The Morgan fingerprint density at radius 3 is 2.43 bits per heavy atom. The first-order valence-corrected chi connectivity index (χ1v) is 13.8. The van der Waals surface area contributed by atoms with Gasteiger partial charge in [0.15, 0.2) is 11.6 Å². The molecule has 1 heterocycles. The number of carbonyl (C=O) groups excluding carboxylic acids is 2. The zero-order valence-electron chi connectivity index (χ0n) is 22.1. The standard InChI is InChI=1S/C27H38N6O3S/c1-5-21(28)22(29)12-13-30-25-27(36)33(15-23(32-25)18(3)4)24(6-2)26(35)31-14-20(34)17-37-16-19-10-8-7-9-11-19/h7-11,15,18,24,28-29H,5-6,12-14,16-17H2,1-4H3,(H,30,32)(H,31,35). The molecule has 0 aliphatic heterocycles. The number of hydrogen-bond donors (Lipinski definition) is 4. The minimum Gasteiger partial charge on any atom is -0.365 e. The molecule has 200 valence electrons. The maximum atomic E-state index is 13.2. The van der Waals surface area contributed by atoms with E-state index in [4.69, 9.17) is 10.8 Å². The molecule has 1 aromatic heterocycles. The van der Waals surface area contributed by atoms with Gasteiger partial charge in [-0.2, -0.15) is 0 Å². The second kappa shape index (κ2) is 15.1. The number of thioether (sulfide) groups is 1. The molecule has 0 bridgehead atoms. The molecule has 0 radical (unpaired) electrons. The van der Waals surface area contributed by atoms with Gasteiger partial charge in [0.05, 0.1) is 29.4 Å². The Labute approximate surface area is 222 Å². The molecule has 1 aromatic carbocycles. The predicted molar refractivity (Wildman–Crippen MR) is 151 cm³/mol. The summed E-state index contributed by atoms with van der Waals surface area (Å²) in [6.07, 6.45) is 2.75. The zero-order chi connectivity index (χ0) is 27.4. The highest BCUT2D eigenvalue weighted by Gasteiger charge is 2.23. The second-order valence-corrected chi connectivity index (χ2v) is 10.0. The highest BCUT2D eigenvalue weighted by molar-refractivity contribution is 7.99. The van der Waals surface area contributed by atoms with Gasteiger partial charge in [-0.05, 0) is 24.3 Å². The molecule has 0 saturated carbocycles. The summed E-state index contributed by atoms with van der Waals surface area (Å²) >= 11 is 1.50. The number of aromatic nitrogens is 2. The largest absolute Gasteiger partial charge is 0.365 e. The first kappa shape index (κ1) is 30.0. The Bertz CT molecular complexity index is 1150. The van der Waals surface area contributed by atoms with Crippen LogP contribution >= 0.6 is 11.8 Å². The van der Waals surface area contributed by atoms with Gasteiger partial charge in [-0.1, -0.05) is 58.0 Å². The van der Waals surface area contributed by atoms with E-state index in [2.05, 4.69) is 15.6 Å². The maximum Gasteiger partial charge on any atom is 0.294 e. The molecule has 0 aliphatic carbocycles. The monoisotopic (exact) mass is 526 g/mol. The Morgan fingerprint density at radius 1 is 1.11 bits per heavy atom. The molecule has 0 spiro atoms. The number of ketones is 1. The molecule has 10 heteroatoms. The fourth-order valence-corrected chi connectivity index (χ4v) is 4.40. The number of benzene rings is 1. The summed E-state index contributed by atoms with van der Waals surface area (Å²) in [6, 6.07) is 9.09. The Balaban J connectivity index is 2.05. The molecule has 37 heavy (non-hydrogen) atoms. The van der Waals surface area contributed by atoms with Gasteiger partial charge in [0.2, 0.25) is 5.91 Å². The van der Waals surface area contributed by atoms with Crippen LogP contribution in [0, 0.1) is 10.8 Å². The molecule has 0 saturated heterocycles. The molecule has 1 amide bonds. The van der Waals surface area contributed by atoms with Crippen LogP contribution in [0.2, 0.25) is 0 Å². The zero-order valence-corrected chi connectivity index (χ0v) is 22.9. The van der Waals surface area contributed by atoms with E-state index < -0.39 is 17.5 Å². The summed E-state index contributed by atoms with van der Waals surface area (Å²) in [4.78, 5) is 43.0. The summed E-state index contributed by atoms with van der Waals surface area (Å²) in [5.74, 6) is 0.658. The van der Waals surface area contributed by atoms with Gasteiger partial charge >= 0.3 is 0 Å². The number of carbonyl (C=O) groups is 2. The third kappa shape index (κ3) is 9.27. The van der Waals surface area contributed by atoms with Crippen LogP contribution in [0.1, 0.15) is 70.2 Å². The van der Waals surface area contributed by atoms with Crippen LogP contribution in [0.15, 0.2) is 41.3 Å². The van der Waals surface area contributed by atoms with Crippen LogP contribution < -0.4 is 16.2 Å². The van der Waals surface area contributed by atoms with Crippen molar-refractivity contribution >= 4 is 40.7 Å². The average molecular weight is 527 g/mol. The van der Waals surface area contributed by atoms with Crippen LogP contribution in [-0.2, 0) is 15.3 Å². The lowest BCUT2D eigenvalue weighted by Crippen LogP contribution is -2.40. The van der Waals surface area contributed by atoms with Gasteiger partial charge in [-0.3, -0.25) is 19.0 Å². The number of hydrogen-bond acceptors (Lipinski definition) is 8. The van der Waals surface area contributed by atoms with E-state index in [-0.39, 0.29) is 47.8 Å². The van der Waals surface area contributed by atoms with E-state index in [1.165, 1.54) is 16.3 Å². The van der Waals surface area contributed by atoms with Crippen LogP contribution in [-0.4, -0.2) is 51.5 Å². The molecule has 0 fully saturated rings. The van der Waals surface area contributed by atoms with Gasteiger partial charge in [0.1, 0.15) is 6.04 Å². The fourth-order valence-electron chi connectivity index (χ4n) is 3.54. The smallest absolute Gasteiger partial charge is 0.294 e. The molecule has 1 atom stereocenters. The van der Waals surface area contributed by atoms with E-state index in [0.29, 0.717) is 25.0 Å². The summed E-state index contributed by atoms with van der Waals surface area (Å²) in [5, 5.41) is 21.4. The van der Waals surface area contributed by atoms with Crippen LogP contribution in [0.4, 0.5) is 5.82 Å². The predicted octanol–water partition coefficient (Wildman–Crippen LogP) is 4.19. The summed E-state index contributed by atoms with van der Waals surface area (Å²) in [6.45, 7) is 7.73. The highest BCUT2D eigenvalue weighted by atomic mass is 32.2. The van der Waals surface area contributed by atoms with Crippen molar-refractivity contribution in [1.29, 1.82) is 10.8 Å². The number of nitrogens with zero attached hydrogens (tertiary/aromatic N) is 2. The minimum absolute atomic E-state index is 0.0164. The number of nitrogens with one attached hydrogen (secondary N) is 4. The molecular formula is C27H38N6O3S. The second-order valence-electron chi connectivity index (χ2n) is 9.03.